The average molecular weight is 365 g/mol. The highest BCUT2D eigenvalue weighted by Crippen LogP contribution is 2.28. The number of rotatable bonds is 9. The molecule has 0 aliphatic carbocycles. The topological polar surface area (TPSA) is 36.9 Å². The minimum absolute atomic E-state index is 0.120. The molecule has 4 nitrogen and oxygen atoms in total. The van der Waals surface area contributed by atoms with Crippen LogP contribution in [0.25, 0.3) is 0 Å². The first-order chi connectivity index (χ1) is 9.97. The van der Waals surface area contributed by atoms with Crippen molar-refractivity contribution in [2.24, 2.45) is 0 Å². The van der Waals surface area contributed by atoms with E-state index in [2.05, 4.69) is 15.9 Å². The molecule has 0 saturated carbocycles. The number of hydrogen-bond acceptors (Lipinski definition) is 4. The standard InChI is InChI=1S/C15H22BrFO4/c1-5-18-10(3)20-9-13-14(16)7-12(8-15(13)17)21-11(4)19-6-2/h7-8,10-11H,5-6,9H2,1-4H3. The Morgan fingerprint density at radius 1 is 1.05 bits per heavy atom. The van der Waals surface area contributed by atoms with Crippen molar-refractivity contribution in [2.45, 2.75) is 46.9 Å². The van der Waals surface area contributed by atoms with Gasteiger partial charge in [0.15, 0.2) is 12.6 Å². The van der Waals surface area contributed by atoms with E-state index in [1.165, 1.54) is 6.07 Å². The molecule has 2 atom stereocenters. The fraction of sp³-hybridized carbons (Fsp3) is 0.600. The van der Waals surface area contributed by atoms with Crippen molar-refractivity contribution in [3.8, 4) is 5.75 Å². The molecule has 0 N–H and O–H groups in total. The third-order valence-electron chi connectivity index (χ3n) is 2.68. The lowest BCUT2D eigenvalue weighted by Crippen LogP contribution is -2.16. The summed E-state index contributed by atoms with van der Waals surface area (Å²) in [6, 6.07) is 3.02. The summed E-state index contributed by atoms with van der Waals surface area (Å²) >= 11 is 3.33. The second kappa shape index (κ2) is 9.35. The van der Waals surface area contributed by atoms with E-state index in [-0.39, 0.29) is 12.9 Å². The van der Waals surface area contributed by atoms with Crippen molar-refractivity contribution in [1.29, 1.82) is 0 Å². The maximum absolute atomic E-state index is 14.1. The average Bonchev–Trinajstić information content (AvgIpc) is 2.38. The van der Waals surface area contributed by atoms with Crippen LogP contribution in [0.1, 0.15) is 33.3 Å². The van der Waals surface area contributed by atoms with Gasteiger partial charge >= 0.3 is 0 Å². The molecule has 0 fully saturated rings. The van der Waals surface area contributed by atoms with E-state index in [0.29, 0.717) is 29.0 Å². The van der Waals surface area contributed by atoms with Crippen molar-refractivity contribution < 1.29 is 23.3 Å². The number of hydrogen-bond donors (Lipinski definition) is 0. The fourth-order valence-electron chi connectivity index (χ4n) is 1.73. The first-order valence-corrected chi connectivity index (χ1v) is 7.76. The molecular weight excluding hydrogens is 343 g/mol. The van der Waals surface area contributed by atoms with Crippen molar-refractivity contribution in [3.05, 3.63) is 28.0 Å². The van der Waals surface area contributed by atoms with Crippen LogP contribution in [-0.4, -0.2) is 25.8 Å². The number of halogens is 2. The molecule has 0 bridgehead atoms. The van der Waals surface area contributed by atoms with Gasteiger partial charge < -0.3 is 18.9 Å². The van der Waals surface area contributed by atoms with Crippen LogP contribution >= 0.6 is 15.9 Å². The van der Waals surface area contributed by atoms with Gasteiger partial charge in [-0.3, -0.25) is 0 Å². The Hall–Kier alpha value is -0.690. The SMILES string of the molecule is CCOC(C)OCc1c(F)cc(OC(C)OCC)cc1Br. The highest BCUT2D eigenvalue weighted by molar-refractivity contribution is 9.10. The summed E-state index contributed by atoms with van der Waals surface area (Å²) in [5.74, 6) is 0.00806. The molecule has 2 unspecified atom stereocenters. The van der Waals surface area contributed by atoms with E-state index < -0.39 is 12.1 Å². The van der Waals surface area contributed by atoms with Gasteiger partial charge in [0.2, 0.25) is 0 Å². The predicted molar refractivity (Wildman–Crippen MR) is 81.7 cm³/mol. The van der Waals surface area contributed by atoms with E-state index in [0.717, 1.165) is 0 Å². The van der Waals surface area contributed by atoms with Gasteiger partial charge in [-0.15, -0.1) is 0 Å². The molecule has 0 aromatic heterocycles. The summed E-state index contributed by atoms with van der Waals surface area (Å²) in [5.41, 5.74) is 0.429. The Kier molecular flexibility index (Phi) is 8.18. The Morgan fingerprint density at radius 2 is 1.67 bits per heavy atom. The summed E-state index contributed by atoms with van der Waals surface area (Å²) < 4.78 is 36.1. The minimum Gasteiger partial charge on any atom is -0.465 e. The van der Waals surface area contributed by atoms with E-state index in [1.807, 2.05) is 13.8 Å². The third kappa shape index (κ3) is 6.30. The Morgan fingerprint density at radius 3 is 2.24 bits per heavy atom. The van der Waals surface area contributed by atoms with Gasteiger partial charge in [0, 0.05) is 29.3 Å². The molecule has 21 heavy (non-hydrogen) atoms. The quantitative estimate of drug-likeness (QED) is 0.613. The Balaban J connectivity index is 2.71. The van der Waals surface area contributed by atoms with Gasteiger partial charge in [0.1, 0.15) is 11.6 Å². The summed E-state index contributed by atoms with van der Waals surface area (Å²) in [6.45, 7) is 8.48. The van der Waals surface area contributed by atoms with Crippen LogP contribution in [0, 0.1) is 5.82 Å². The molecule has 120 valence electrons. The molecular formula is C15H22BrFO4. The highest BCUT2D eigenvalue weighted by atomic mass is 79.9. The summed E-state index contributed by atoms with van der Waals surface area (Å²) in [6.07, 6.45) is -0.809. The molecule has 1 aromatic carbocycles. The monoisotopic (exact) mass is 364 g/mol. The van der Waals surface area contributed by atoms with Crippen LogP contribution in [0.3, 0.4) is 0 Å². The van der Waals surface area contributed by atoms with Crippen molar-refractivity contribution in [2.75, 3.05) is 13.2 Å². The summed E-state index contributed by atoms with van der Waals surface area (Å²) in [5, 5.41) is 0. The predicted octanol–water partition coefficient (Wildman–Crippen LogP) is 4.25. The Labute approximate surface area is 133 Å². The molecule has 0 amide bonds. The number of benzene rings is 1. The second-order valence-electron chi connectivity index (χ2n) is 4.34. The summed E-state index contributed by atoms with van der Waals surface area (Å²) in [4.78, 5) is 0. The van der Waals surface area contributed by atoms with Crippen LogP contribution in [0.4, 0.5) is 4.39 Å². The van der Waals surface area contributed by atoms with Gasteiger partial charge in [0.05, 0.1) is 6.61 Å². The van der Waals surface area contributed by atoms with Crippen molar-refractivity contribution in [1.82, 2.24) is 0 Å². The fourth-order valence-corrected chi connectivity index (χ4v) is 2.26. The molecule has 0 spiro atoms. The lowest BCUT2D eigenvalue weighted by molar-refractivity contribution is -0.134. The zero-order chi connectivity index (χ0) is 15.8. The first kappa shape index (κ1) is 18.4. The van der Waals surface area contributed by atoms with Gasteiger partial charge in [-0.2, -0.15) is 0 Å². The molecule has 0 radical (unpaired) electrons. The minimum atomic E-state index is -0.429. The number of ether oxygens (including phenoxy) is 4. The smallest absolute Gasteiger partial charge is 0.196 e. The van der Waals surface area contributed by atoms with E-state index in [4.69, 9.17) is 18.9 Å². The first-order valence-electron chi connectivity index (χ1n) is 6.97. The lowest BCUT2D eigenvalue weighted by atomic mass is 10.2. The molecule has 1 aromatic rings. The zero-order valence-electron chi connectivity index (χ0n) is 12.8. The van der Waals surface area contributed by atoms with Crippen LogP contribution in [0.5, 0.6) is 5.75 Å². The van der Waals surface area contributed by atoms with Gasteiger partial charge in [-0.25, -0.2) is 4.39 Å². The van der Waals surface area contributed by atoms with Gasteiger partial charge in [-0.1, -0.05) is 15.9 Å². The van der Waals surface area contributed by atoms with E-state index >= 15 is 0 Å². The molecule has 1 rings (SSSR count). The maximum Gasteiger partial charge on any atom is 0.196 e. The van der Waals surface area contributed by atoms with Crippen molar-refractivity contribution >= 4 is 15.9 Å². The third-order valence-corrected chi connectivity index (χ3v) is 3.39. The van der Waals surface area contributed by atoms with Crippen LogP contribution in [0.2, 0.25) is 0 Å². The highest BCUT2D eigenvalue weighted by Gasteiger charge is 2.13. The second-order valence-corrected chi connectivity index (χ2v) is 5.19. The summed E-state index contributed by atoms with van der Waals surface area (Å²) in [7, 11) is 0. The van der Waals surface area contributed by atoms with E-state index in [1.54, 1.807) is 19.9 Å². The van der Waals surface area contributed by atoms with Gasteiger partial charge in [0.25, 0.3) is 0 Å². The lowest BCUT2D eigenvalue weighted by Gasteiger charge is -2.17. The normalized spacial score (nSPS) is 14.0. The molecule has 6 heteroatoms. The van der Waals surface area contributed by atoms with E-state index in [9.17, 15) is 4.39 Å². The van der Waals surface area contributed by atoms with Crippen molar-refractivity contribution in [3.63, 3.8) is 0 Å². The molecule has 0 aliphatic rings. The molecule has 0 aliphatic heterocycles. The van der Waals surface area contributed by atoms with Gasteiger partial charge in [-0.05, 0) is 33.8 Å². The van der Waals surface area contributed by atoms with Crippen LogP contribution < -0.4 is 4.74 Å². The molecule has 0 heterocycles. The zero-order valence-corrected chi connectivity index (χ0v) is 14.4. The Bertz CT molecular complexity index is 419. The largest absolute Gasteiger partial charge is 0.465 e. The van der Waals surface area contributed by atoms with Crippen LogP contribution in [-0.2, 0) is 20.8 Å². The maximum atomic E-state index is 14.1. The molecule has 0 saturated heterocycles. The van der Waals surface area contributed by atoms with Crippen LogP contribution in [0.15, 0.2) is 16.6 Å².